The lowest BCUT2D eigenvalue weighted by molar-refractivity contribution is 0.0949. The molecule has 122 valence electrons. The number of amides is 1. The predicted octanol–water partition coefficient (Wildman–Crippen LogP) is 1.93. The predicted molar refractivity (Wildman–Crippen MR) is 93.7 cm³/mol. The first kappa shape index (κ1) is 15.7. The van der Waals surface area contributed by atoms with E-state index in [4.69, 9.17) is 5.73 Å². The van der Waals surface area contributed by atoms with Crippen molar-refractivity contribution in [2.24, 2.45) is 0 Å². The van der Waals surface area contributed by atoms with Gasteiger partial charge in [-0.1, -0.05) is 6.07 Å². The summed E-state index contributed by atoms with van der Waals surface area (Å²) >= 11 is 0. The van der Waals surface area contributed by atoms with Crippen molar-refractivity contribution in [3.05, 3.63) is 70.3 Å². The highest BCUT2D eigenvalue weighted by Crippen LogP contribution is 2.18. The van der Waals surface area contributed by atoms with Crippen molar-refractivity contribution in [3.8, 4) is 0 Å². The summed E-state index contributed by atoms with van der Waals surface area (Å²) in [6.07, 6.45) is 4.90. The third-order valence-corrected chi connectivity index (χ3v) is 3.93. The summed E-state index contributed by atoms with van der Waals surface area (Å²) < 4.78 is 1.86. The molecule has 3 rings (SSSR count). The van der Waals surface area contributed by atoms with Crippen LogP contribution in [0.3, 0.4) is 0 Å². The lowest BCUT2D eigenvalue weighted by Crippen LogP contribution is -2.29. The average molecular weight is 322 g/mol. The van der Waals surface area contributed by atoms with E-state index in [9.17, 15) is 9.59 Å². The first-order valence-corrected chi connectivity index (χ1v) is 7.70. The number of anilines is 1. The van der Waals surface area contributed by atoms with Gasteiger partial charge in [-0.2, -0.15) is 0 Å². The number of benzene rings is 1. The molecule has 1 aromatic carbocycles. The molecular formula is C18H18N4O2. The fourth-order valence-corrected chi connectivity index (χ4v) is 2.66. The first-order valence-electron chi connectivity index (χ1n) is 7.70. The highest BCUT2D eigenvalue weighted by molar-refractivity contribution is 6.00. The molecule has 0 fully saturated rings. The topological polar surface area (TPSA) is 90.0 Å². The van der Waals surface area contributed by atoms with Crippen LogP contribution in [0.5, 0.6) is 0 Å². The van der Waals surface area contributed by atoms with Gasteiger partial charge in [0.15, 0.2) is 0 Å². The Hall–Kier alpha value is -3.15. The zero-order valence-electron chi connectivity index (χ0n) is 13.3. The molecule has 3 aromatic rings. The number of aromatic nitrogens is 2. The number of hydrogen-bond acceptors (Lipinski definition) is 4. The number of pyridine rings is 2. The van der Waals surface area contributed by atoms with Gasteiger partial charge in [-0.3, -0.25) is 14.6 Å². The van der Waals surface area contributed by atoms with Crippen molar-refractivity contribution in [1.29, 1.82) is 0 Å². The molecule has 6 heteroatoms. The maximum atomic E-state index is 12.7. The largest absolute Gasteiger partial charge is 0.398 e. The summed E-state index contributed by atoms with van der Waals surface area (Å²) in [7, 11) is 0. The van der Waals surface area contributed by atoms with E-state index in [0.29, 0.717) is 24.2 Å². The number of nitrogens with zero attached hydrogens (tertiary/aromatic N) is 2. The Labute approximate surface area is 138 Å². The van der Waals surface area contributed by atoms with Gasteiger partial charge in [-0.25, -0.2) is 0 Å². The number of rotatable bonds is 4. The summed E-state index contributed by atoms with van der Waals surface area (Å²) in [5.41, 5.74) is 7.73. The molecule has 0 spiro atoms. The van der Waals surface area contributed by atoms with Crippen molar-refractivity contribution in [3.63, 3.8) is 0 Å². The second kappa shape index (κ2) is 6.54. The molecule has 6 nitrogen and oxygen atoms in total. The number of carbonyl (C=O) groups excluding carboxylic acids is 1. The number of aryl methyl sites for hydroxylation is 1. The molecule has 0 aliphatic rings. The normalized spacial score (nSPS) is 10.7. The van der Waals surface area contributed by atoms with Crippen LogP contribution in [0.2, 0.25) is 0 Å². The van der Waals surface area contributed by atoms with Crippen LogP contribution in [-0.2, 0) is 13.1 Å². The summed E-state index contributed by atoms with van der Waals surface area (Å²) in [5.74, 6) is -0.413. The maximum absolute atomic E-state index is 12.7. The van der Waals surface area contributed by atoms with E-state index in [1.165, 1.54) is 0 Å². The first-order chi connectivity index (χ1) is 11.6. The van der Waals surface area contributed by atoms with Crippen LogP contribution in [0.15, 0.2) is 53.7 Å². The van der Waals surface area contributed by atoms with Gasteiger partial charge in [0.25, 0.3) is 5.91 Å². The fourth-order valence-electron chi connectivity index (χ4n) is 2.66. The zero-order chi connectivity index (χ0) is 17.1. The molecule has 0 radical (unpaired) electrons. The van der Waals surface area contributed by atoms with E-state index >= 15 is 0 Å². The van der Waals surface area contributed by atoms with Crippen LogP contribution >= 0.6 is 0 Å². The van der Waals surface area contributed by atoms with E-state index < -0.39 is 5.91 Å². The van der Waals surface area contributed by atoms with E-state index in [1.807, 2.05) is 29.7 Å². The summed E-state index contributed by atoms with van der Waals surface area (Å²) in [4.78, 5) is 29.1. The van der Waals surface area contributed by atoms with Crippen LogP contribution in [0.4, 0.5) is 5.69 Å². The number of hydrogen-bond donors (Lipinski definition) is 2. The Bertz CT molecular complexity index is 948. The Kier molecular flexibility index (Phi) is 4.29. The monoisotopic (exact) mass is 322 g/mol. The van der Waals surface area contributed by atoms with Crippen LogP contribution in [0.25, 0.3) is 10.9 Å². The fraction of sp³-hybridized carbons (Fsp3) is 0.167. The highest BCUT2D eigenvalue weighted by atomic mass is 16.2. The summed E-state index contributed by atoms with van der Waals surface area (Å²) in [6, 6.07) is 8.91. The second-order valence-electron chi connectivity index (χ2n) is 5.44. The summed E-state index contributed by atoms with van der Waals surface area (Å²) in [5, 5.41) is 3.16. The van der Waals surface area contributed by atoms with Gasteiger partial charge < -0.3 is 15.6 Å². The molecule has 0 bridgehead atoms. The zero-order valence-corrected chi connectivity index (χ0v) is 13.3. The van der Waals surface area contributed by atoms with E-state index in [-0.39, 0.29) is 11.0 Å². The maximum Gasteiger partial charge on any atom is 0.257 e. The molecule has 1 amide bonds. The molecule has 24 heavy (non-hydrogen) atoms. The van der Waals surface area contributed by atoms with Crippen molar-refractivity contribution >= 4 is 22.5 Å². The molecule has 0 saturated carbocycles. The smallest absolute Gasteiger partial charge is 0.257 e. The molecule has 0 aliphatic carbocycles. The van der Waals surface area contributed by atoms with Crippen LogP contribution in [-0.4, -0.2) is 15.5 Å². The SMILES string of the molecule is CCn1cc(C(=O)NCc2ccncc2)c(=O)c2c(N)cccc21. The van der Waals surface area contributed by atoms with Gasteiger partial charge in [0.05, 0.1) is 10.9 Å². The van der Waals surface area contributed by atoms with Gasteiger partial charge in [0.1, 0.15) is 5.56 Å². The minimum atomic E-state index is -0.413. The van der Waals surface area contributed by atoms with Crippen LogP contribution in [0, 0.1) is 0 Å². The highest BCUT2D eigenvalue weighted by Gasteiger charge is 2.16. The molecule has 0 unspecified atom stereocenters. The number of carbonyl (C=O) groups is 1. The third-order valence-electron chi connectivity index (χ3n) is 3.93. The van der Waals surface area contributed by atoms with E-state index in [2.05, 4.69) is 10.3 Å². The number of nitrogen functional groups attached to an aromatic ring is 1. The molecule has 0 aliphatic heterocycles. The Morgan fingerprint density at radius 3 is 2.71 bits per heavy atom. The van der Waals surface area contributed by atoms with Crippen molar-refractivity contribution < 1.29 is 4.79 Å². The lowest BCUT2D eigenvalue weighted by atomic mass is 10.1. The number of nitrogens with one attached hydrogen (secondary N) is 1. The molecule has 2 aromatic heterocycles. The van der Waals surface area contributed by atoms with Gasteiger partial charge in [0, 0.05) is 37.4 Å². The van der Waals surface area contributed by atoms with Crippen molar-refractivity contribution in [2.75, 3.05) is 5.73 Å². The molecule has 0 saturated heterocycles. The van der Waals surface area contributed by atoms with Crippen LogP contribution < -0.4 is 16.5 Å². The summed E-state index contributed by atoms with van der Waals surface area (Å²) in [6.45, 7) is 2.91. The van der Waals surface area contributed by atoms with Crippen molar-refractivity contribution in [1.82, 2.24) is 14.9 Å². The number of nitrogens with two attached hydrogens (primary N) is 1. The Balaban J connectivity index is 2.00. The lowest BCUT2D eigenvalue weighted by Gasteiger charge is -2.13. The van der Waals surface area contributed by atoms with Crippen molar-refractivity contribution in [2.45, 2.75) is 20.0 Å². The Morgan fingerprint density at radius 1 is 1.25 bits per heavy atom. The average Bonchev–Trinajstić information content (AvgIpc) is 2.61. The molecule has 0 atom stereocenters. The van der Waals surface area contributed by atoms with Gasteiger partial charge >= 0.3 is 0 Å². The minimum absolute atomic E-state index is 0.0938. The standard InChI is InChI=1S/C18H18N4O2/c1-2-22-11-13(17(23)16-14(19)4-3-5-15(16)22)18(24)21-10-12-6-8-20-9-7-12/h3-9,11H,2,10,19H2,1H3,(H,21,24). The van der Waals surface area contributed by atoms with Gasteiger partial charge in [0.2, 0.25) is 5.43 Å². The molecule has 2 heterocycles. The second-order valence-corrected chi connectivity index (χ2v) is 5.44. The van der Waals surface area contributed by atoms with Crippen LogP contribution in [0.1, 0.15) is 22.8 Å². The van der Waals surface area contributed by atoms with Gasteiger partial charge in [-0.05, 0) is 36.8 Å². The molecular weight excluding hydrogens is 304 g/mol. The van der Waals surface area contributed by atoms with E-state index in [1.54, 1.807) is 30.7 Å². The Morgan fingerprint density at radius 2 is 2.00 bits per heavy atom. The quantitative estimate of drug-likeness (QED) is 0.718. The van der Waals surface area contributed by atoms with Gasteiger partial charge in [-0.15, -0.1) is 0 Å². The number of fused-ring (bicyclic) bond motifs is 1. The third kappa shape index (κ3) is 2.86. The van der Waals surface area contributed by atoms with E-state index in [0.717, 1.165) is 11.1 Å². The molecule has 3 N–H and O–H groups in total. The minimum Gasteiger partial charge on any atom is -0.398 e.